The molecule has 0 fully saturated rings. The Balaban J connectivity index is 1.69. The van der Waals surface area contributed by atoms with E-state index in [1.165, 1.54) is 31.3 Å². The number of hydrogen-bond donors (Lipinski definition) is 1. The maximum atomic E-state index is 14.7. The van der Waals surface area contributed by atoms with Gasteiger partial charge in [-0.15, -0.1) is 0 Å². The van der Waals surface area contributed by atoms with Gasteiger partial charge in [0.05, 0.1) is 11.7 Å². The number of nitrogens with two attached hydrogens (primary N) is 1. The van der Waals surface area contributed by atoms with Gasteiger partial charge in [0.1, 0.15) is 11.5 Å². The van der Waals surface area contributed by atoms with E-state index in [-0.39, 0.29) is 28.1 Å². The molecule has 0 spiro atoms. The lowest BCUT2D eigenvalue weighted by molar-refractivity contribution is -0.208. The Bertz CT molecular complexity index is 1170. The Kier molecular flexibility index (Phi) is 5.13. The van der Waals surface area contributed by atoms with Crippen LogP contribution < -0.4 is 5.73 Å². The molecule has 1 aliphatic rings. The molecule has 0 radical (unpaired) electrons. The molecule has 1 aliphatic heterocycles. The van der Waals surface area contributed by atoms with Crippen molar-refractivity contribution in [2.24, 2.45) is 10.7 Å². The Labute approximate surface area is 176 Å². The fraction of sp³-hybridized carbons (Fsp3) is 0.316. The maximum Gasteiger partial charge on any atom is 0.425 e. The van der Waals surface area contributed by atoms with E-state index >= 15 is 0 Å². The lowest BCUT2D eigenvalue weighted by Crippen LogP contribution is -2.46. The number of alkyl halides is 5. The van der Waals surface area contributed by atoms with E-state index in [9.17, 15) is 26.3 Å². The predicted molar refractivity (Wildman–Crippen MR) is 98.9 cm³/mol. The summed E-state index contributed by atoms with van der Waals surface area (Å²) in [5.41, 5.74) is 4.35. The number of aliphatic imine (C=N–C) groups is 1. The normalized spacial score (nSPS) is 21.5. The third-order valence-corrected chi connectivity index (χ3v) is 5.01. The molecule has 4 rings (SSSR count). The molecule has 0 amide bonds. The summed E-state index contributed by atoms with van der Waals surface area (Å²) < 4.78 is 90.0. The van der Waals surface area contributed by atoms with E-state index in [4.69, 9.17) is 10.3 Å². The molecule has 0 unspecified atom stereocenters. The first-order valence-corrected chi connectivity index (χ1v) is 9.15. The zero-order chi connectivity index (χ0) is 23.3. The van der Waals surface area contributed by atoms with E-state index in [0.29, 0.717) is 4.68 Å². The minimum absolute atomic E-state index is 0.131. The Hall–Kier alpha value is -3.51. The summed E-state index contributed by atoms with van der Waals surface area (Å²) >= 11 is 0. The number of ether oxygens (including phenoxy) is 1. The second-order valence-corrected chi connectivity index (χ2v) is 7.33. The van der Waals surface area contributed by atoms with Crippen LogP contribution in [0.1, 0.15) is 25.5 Å². The third-order valence-electron chi connectivity index (χ3n) is 5.01. The summed E-state index contributed by atoms with van der Waals surface area (Å²) in [6.45, 7) is -1.52. The molecule has 2 aromatic heterocycles. The highest BCUT2D eigenvalue weighted by Gasteiger charge is 2.50. The minimum atomic E-state index is -4.72. The van der Waals surface area contributed by atoms with Crippen molar-refractivity contribution < 1.29 is 35.6 Å². The summed E-state index contributed by atoms with van der Waals surface area (Å²) in [5, 5.41) is 7.30. The smallest absolute Gasteiger partial charge is 0.425 e. The van der Waals surface area contributed by atoms with Crippen LogP contribution in [0.15, 0.2) is 46.2 Å². The molecule has 1 aromatic carbocycles. The predicted octanol–water partition coefficient (Wildman–Crippen LogP) is 4.62. The number of benzene rings is 1. The summed E-state index contributed by atoms with van der Waals surface area (Å²) in [7, 11) is 0. The van der Waals surface area contributed by atoms with Crippen LogP contribution in [0.5, 0.6) is 0 Å². The second kappa shape index (κ2) is 7.57. The van der Waals surface area contributed by atoms with Crippen molar-refractivity contribution in [1.82, 2.24) is 14.9 Å². The number of amidine groups is 1. The van der Waals surface area contributed by atoms with E-state index in [1.807, 2.05) is 0 Å². The number of rotatable bonds is 4. The Morgan fingerprint density at radius 1 is 1.22 bits per heavy atom. The van der Waals surface area contributed by atoms with Crippen LogP contribution in [-0.4, -0.2) is 33.2 Å². The molecule has 0 bridgehead atoms. The summed E-state index contributed by atoms with van der Waals surface area (Å²) in [4.78, 5) is 3.92. The highest BCUT2D eigenvalue weighted by atomic mass is 19.4. The van der Waals surface area contributed by atoms with Crippen LogP contribution in [0, 0.1) is 5.82 Å². The van der Waals surface area contributed by atoms with Crippen LogP contribution in [0.25, 0.3) is 22.6 Å². The zero-order valence-electron chi connectivity index (χ0n) is 16.3. The van der Waals surface area contributed by atoms with Gasteiger partial charge in [-0.2, -0.15) is 27.1 Å². The first-order valence-electron chi connectivity index (χ1n) is 9.15. The number of aromatic nitrogens is 3. The number of halogens is 6. The molecule has 0 saturated heterocycles. The van der Waals surface area contributed by atoms with E-state index < -0.39 is 42.6 Å². The van der Waals surface area contributed by atoms with Gasteiger partial charge in [-0.1, -0.05) is 5.16 Å². The number of nitrogens with zero attached hydrogens (tertiary/aromatic N) is 4. The van der Waals surface area contributed by atoms with Gasteiger partial charge in [-0.3, -0.25) is 0 Å². The minimum Gasteiger partial charge on any atom is -0.452 e. The first kappa shape index (κ1) is 21.7. The van der Waals surface area contributed by atoms with Crippen molar-refractivity contribution >= 4 is 6.02 Å². The van der Waals surface area contributed by atoms with Gasteiger partial charge < -0.3 is 15.0 Å². The van der Waals surface area contributed by atoms with Crippen molar-refractivity contribution in [3.8, 4) is 22.6 Å². The van der Waals surface area contributed by atoms with Gasteiger partial charge in [-0.05, 0) is 25.1 Å². The van der Waals surface area contributed by atoms with Crippen molar-refractivity contribution in [3.05, 3.63) is 48.0 Å². The highest BCUT2D eigenvalue weighted by Crippen LogP contribution is 2.42. The molecular weight excluding hydrogens is 444 g/mol. The van der Waals surface area contributed by atoms with Crippen LogP contribution in [0.3, 0.4) is 0 Å². The largest absolute Gasteiger partial charge is 0.452 e. The van der Waals surface area contributed by atoms with Gasteiger partial charge in [-0.25, -0.2) is 14.1 Å². The lowest BCUT2D eigenvalue weighted by Gasteiger charge is -2.36. The summed E-state index contributed by atoms with van der Waals surface area (Å²) in [5.74, 6) is -0.667. The van der Waals surface area contributed by atoms with Crippen LogP contribution in [0.4, 0.5) is 26.3 Å². The molecule has 0 saturated carbocycles. The van der Waals surface area contributed by atoms with Crippen LogP contribution >= 0.6 is 0 Å². The molecule has 13 heteroatoms. The quantitative estimate of drug-likeness (QED) is 0.575. The lowest BCUT2D eigenvalue weighted by atomic mass is 9.84. The van der Waals surface area contributed by atoms with Gasteiger partial charge >= 0.3 is 12.7 Å². The van der Waals surface area contributed by atoms with Crippen molar-refractivity contribution in [1.29, 1.82) is 0 Å². The monoisotopic (exact) mass is 459 g/mol. The van der Waals surface area contributed by atoms with Crippen LogP contribution in [0.2, 0.25) is 0 Å². The molecule has 170 valence electrons. The molecule has 2 N–H and O–H groups in total. The maximum absolute atomic E-state index is 14.7. The fourth-order valence-electron chi connectivity index (χ4n) is 3.43. The van der Waals surface area contributed by atoms with E-state index in [2.05, 4.69) is 20.0 Å². The standard InChI is InChI=1S/C19H15F6N5O2/c1-18(6-15(19(23,24)25)31-17(26)28-18)11-4-9(2-3-12(11)20)14-5-13(29-32-14)10-7-27-30(8-10)16(21)22/h2-5,7-8,15-16H,6H2,1H3,(H2,26,28)/t15-,18-/m0/s1. The van der Waals surface area contributed by atoms with E-state index in [0.717, 1.165) is 12.3 Å². The Morgan fingerprint density at radius 2 is 1.97 bits per heavy atom. The SMILES string of the molecule is C[C@@]1(c2cc(-c3cc(-c4cnn(C(F)F)c4)no3)ccc2F)C[C@@H](C(F)(F)F)OC(N)=N1. The highest BCUT2D eigenvalue weighted by molar-refractivity contribution is 5.73. The topological polar surface area (TPSA) is 91.5 Å². The second-order valence-electron chi connectivity index (χ2n) is 7.33. The van der Waals surface area contributed by atoms with Crippen molar-refractivity contribution in [2.45, 2.75) is 37.7 Å². The third kappa shape index (κ3) is 4.01. The van der Waals surface area contributed by atoms with Crippen LogP contribution in [-0.2, 0) is 10.3 Å². The van der Waals surface area contributed by atoms with Gasteiger partial charge in [0.15, 0.2) is 11.9 Å². The average molecular weight is 459 g/mol. The van der Waals surface area contributed by atoms with Crippen molar-refractivity contribution in [2.75, 3.05) is 0 Å². The molecule has 3 heterocycles. The molecule has 0 aliphatic carbocycles. The molecule has 32 heavy (non-hydrogen) atoms. The molecular formula is C19H15F6N5O2. The molecule has 3 aromatic rings. The van der Waals surface area contributed by atoms with Gasteiger partial charge in [0.25, 0.3) is 6.02 Å². The molecule has 2 atom stereocenters. The van der Waals surface area contributed by atoms with Gasteiger partial charge in [0, 0.05) is 35.4 Å². The Morgan fingerprint density at radius 3 is 2.62 bits per heavy atom. The average Bonchev–Trinajstić information content (AvgIpc) is 3.36. The first-order chi connectivity index (χ1) is 15.0. The van der Waals surface area contributed by atoms with Gasteiger partial charge in [0.2, 0.25) is 0 Å². The van der Waals surface area contributed by atoms with Crippen molar-refractivity contribution in [3.63, 3.8) is 0 Å². The van der Waals surface area contributed by atoms with E-state index in [1.54, 1.807) is 0 Å². The molecule has 7 nitrogen and oxygen atoms in total. The summed E-state index contributed by atoms with van der Waals surface area (Å²) in [6.07, 6.45) is -5.43. The fourth-order valence-corrected chi connectivity index (χ4v) is 3.43. The zero-order valence-corrected chi connectivity index (χ0v) is 16.3. The summed E-state index contributed by atoms with van der Waals surface area (Å²) in [6, 6.07) is 4.37. The number of hydrogen-bond acceptors (Lipinski definition) is 6.